The van der Waals surface area contributed by atoms with Gasteiger partial charge in [-0.05, 0) is 46.3 Å². The first kappa shape index (κ1) is 11.8. The molecule has 1 aromatic carbocycles. The van der Waals surface area contributed by atoms with E-state index in [1.165, 1.54) is 23.6 Å². The van der Waals surface area contributed by atoms with Crippen molar-refractivity contribution in [3.63, 3.8) is 0 Å². The third-order valence-electron chi connectivity index (χ3n) is 2.91. The molecule has 2 nitrogen and oxygen atoms in total. The van der Waals surface area contributed by atoms with Crippen LogP contribution in [0, 0.1) is 11.3 Å². The fourth-order valence-corrected chi connectivity index (χ4v) is 3.81. The number of thioether (sulfide) groups is 1. The van der Waals surface area contributed by atoms with Crippen LogP contribution in [0.5, 0.6) is 0 Å². The summed E-state index contributed by atoms with van der Waals surface area (Å²) in [5, 5.41) is 8.82. The third-order valence-corrected chi connectivity index (χ3v) is 4.69. The third kappa shape index (κ3) is 2.36. The first-order chi connectivity index (χ1) is 7.72. The summed E-state index contributed by atoms with van der Waals surface area (Å²) in [6, 6.07) is 8.55. The van der Waals surface area contributed by atoms with Gasteiger partial charge in [0, 0.05) is 23.3 Å². The molecule has 0 saturated carbocycles. The first-order valence-corrected chi connectivity index (χ1v) is 7.17. The number of hydrogen-bond donors (Lipinski definition) is 0. The topological polar surface area (TPSA) is 27.0 Å². The largest absolute Gasteiger partial charge is 0.370 e. The number of rotatable bonds is 2. The molecule has 0 aromatic heterocycles. The van der Waals surface area contributed by atoms with Crippen LogP contribution in [0.15, 0.2) is 22.7 Å². The van der Waals surface area contributed by atoms with Crippen molar-refractivity contribution in [1.82, 2.24) is 0 Å². The zero-order chi connectivity index (χ0) is 11.5. The molecule has 0 bridgehead atoms. The monoisotopic (exact) mass is 296 g/mol. The van der Waals surface area contributed by atoms with Crippen LogP contribution in [0.2, 0.25) is 0 Å². The van der Waals surface area contributed by atoms with E-state index < -0.39 is 0 Å². The fourth-order valence-electron chi connectivity index (χ4n) is 1.89. The molecule has 1 unspecified atom stereocenters. The Kier molecular flexibility index (Phi) is 3.78. The van der Waals surface area contributed by atoms with E-state index in [1.807, 2.05) is 30.0 Å². The van der Waals surface area contributed by atoms with Gasteiger partial charge < -0.3 is 4.90 Å². The molecule has 0 amide bonds. The van der Waals surface area contributed by atoms with Crippen molar-refractivity contribution >= 4 is 33.4 Å². The maximum Gasteiger partial charge on any atom is 0.0992 e. The minimum atomic E-state index is 0.620. The highest BCUT2D eigenvalue weighted by Crippen LogP contribution is 2.31. The van der Waals surface area contributed by atoms with Crippen LogP contribution in [0.4, 0.5) is 5.69 Å². The SMILES string of the molecule is CN(c1ccc(C#N)cc1Br)C1CCSC1. The molecule has 16 heavy (non-hydrogen) atoms. The lowest BCUT2D eigenvalue weighted by atomic mass is 10.1. The smallest absolute Gasteiger partial charge is 0.0992 e. The molecule has 1 atom stereocenters. The van der Waals surface area contributed by atoms with E-state index in [0.717, 1.165) is 4.47 Å². The normalized spacial score (nSPS) is 19.4. The highest BCUT2D eigenvalue weighted by atomic mass is 79.9. The number of benzene rings is 1. The molecule has 1 fully saturated rings. The standard InChI is InChI=1S/C12H13BrN2S/c1-15(10-4-5-16-8-10)12-3-2-9(7-14)6-11(12)13/h2-3,6,10H,4-5,8H2,1H3. The predicted octanol–water partition coefficient (Wildman–Crippen LogP) is 3.26. The minimum Gasteiger partial charge on any atom is -0.370 e. The van der Waals surface area contributed by atoms with Crippen molar-refractivity contribution in [3.8, 4) is 6.07 Å². The van der Waals surface area contributed by atoms with Gasteiger partial charge in [0.2, 0.25) is 0 Å². The molecule has 84 valence electrons. The van der Waals surface area contributed by atoms with Crippen molar-refractivity contribution in [2.24, 2.45) is 0 Å². The molecule has 0 spiro atoms. The first-order valence-electron chi connectivity index (χ1n) is 5.22. The fraction of sp³-hybridized carbons (Fsp3) is 0.417. The minimum absolute atomic E-state index is 0.620. The van der Waals surface area contributed by atoms with E-state index >= 15 is 0 Å². The molecule has 1 aliphatic rings. The van der Waals surface area contributed by atoms with E-state index in [1.54, 1.807) is 0 Å². The van der Waals surface area contributed by atoms with Crippen LogP contribution in [-0.2, 0) is 0 Å². The predicted molar refractivity (Wildman–Crippen MR) is 73.0 cm³/mol. The average molecular weight is 297 g/mol. The van der Waals surface area contributed by atoms with Crippen molar-refractivity contribution in [2.45, 2.75) is 12.5 Å². The van der Waals surface area contributed by atoms with Crippen LogP contribution in [-0.4, -0.2) is 24.6 Å². The second kappa shape index (κ2) is 5.11. The molecule has 0 radical (unpaired) electrons. The van der Waals surface area contributed by atoms with E-state index in [9.17, 15) is 0 Å². The number of halogens is 1. The van der Waals surface area contributed by atoms with Gasteiger partial charge in [0.15, 0.2) is 0 Å². The molecular weight excluding hydrogens is 284 g/mol. The summed E-state index contributed by atoms with van der Waals surface area (Å²) in [6.45, 7) is 0. The molecule has 1 aliphatic heterocycles. The summed E-state index contributed by atoms with van der Waals surface area (Å²) in [5.41, 5.74) is 1.87. The Morgan fingerprint density at radius 3 is 2.94 bits per heavy atom. The summed E-state index contributed by atoms with van der Waals surface area (Å²) >= 11 is 5.55. The average Bonchev–Trinajstić information content (AvgIpc) is 2.81. The van der Waals surface area contributed by atoms with Gasteiger partial charge in [-0.1, -0.05) is 0 Å². The number of nitriles is 1. The van der Waals surface area contributed by atoms with Gasteiger partial charge in [0.25, 0.3) is 0 Å². The molecule has 0 aliphatic carbocycles. The Morgan fingerprint density at radius 1 is 1.56 bits per heavy atom. The van der Waals surface area contributed by atoms with Gasteiger partial charge in [-0.25, -0.2) is 0 Å². The summed E-state index contributed by atoms with van der Waals surface area (Å²) in [7, 11) is 2.13. The zero-order valence-electron chi connectivity index (χ0n) is 9.11. The maximum absolute atomic E-state index is 8.82. The molecule has 1 aromatic rings. The van der Waals surface area contributed by atoms with Gasteiger partial charge in [0.1, 0.15) is 0 Å². The van der Waals surface area contributed by atoms with Gasteiger partial charge in [-0.15, -0.1) is 0 Å². The van der Waals surface area contributed by atoms with Crippen LogP contribution >= 0.6 is 27.7 Å². The lowest BCUT2D eigenvalue weighted by Crippen LogP contribution is -2.31. The lowest BCUT2D eigenvalue weighted by molar-refractivity contribution is 0.699. The van der Waals surface area contributed by atoms with E-state index in [2.05, 4.69) is 33.9 Å². The van der Waals surface area contributed by atoms with Gasteiger partial charge in [0.05, 0.1) is 17.3 Å². The van der Waals surface area contributed by atoms with E-state index in [4.69, 9.17) is 5.26 Å². The van der Waals surface area contributed by atoms with E-state index in [-0.39, 0.29) is 0 Å². The summed E-state index contributed by atoms with van der Waals surface area (Å²) in [5.74, 6) is 2.45. The number of anilines is 1. The van der Waals surface area contributed by atoms with Crippen LogP contribution < -0.4 is 4.90 Å². The van der Waals surface area contributed by atoms with Crippen molar-refractivity contribution < 1.29 is 0 Å². The molecule has 2 rings (SSSR count). The Balaban J connectivity index is 2.23. The summed E-state index contributed by atoms with van der Waals surface area (Å²) in [4.78, 5) is 2.31. The molecule has 4 heteroatoms. The van der Waals surface area contributed by atoms with Crippen LogP contribution in [0.3, 0.4) is 0 Å². The molecule has 0 N–H and O–H groups in total. The van der Waals surface area contributed by atoms with Crippen molar-refractivity contribution in [1.29, 1.82) is 5.26 Å². The van der Waals surface area contributed by atoms with Gasteiger partial charge in [-0.2, -0.15) is 17.0 Å². The van der Waals surface area contributed by atoms with Crippen LogP contribution in [0.25, 0.3) is 0 Å². The van der Waals surface area contributed by atoms with Gasteiger partial charge in [-0.3, -0.25) is 0 Å². The second-order valence-electron chi connectivity index (χ2n) is 3.91. The Hall–Kier alpha value is -0.660. The second-order valence-corrected chi connectivity index (χ2v) is 5.91. The molecule has 1 saturated heterocycles. The van der Waals surface area contributed by atoms with Gasteiger partial charge >= 0.3 is 0 Å². The Morgan fingerprint density at radius 2 is 2.38 bits per heavy atom. The lowest BCUT2D eigenvalue weighted by Gasteiger charge is -2.27. The number of hydrogen-bond acceptors (Lipinski definition) is 3. The van der Waals surface area contributed by atoms with Crippen molar-refractivity contribution in [2.75, 3.05) is 23.5 Å². The quantitative estimate of drug-likeness (QED) is 0.838. The molecular formula is C12H13BrN2S. The Labute approximate surface area is 109 Å². The molecule has 1 heterocycles. The van der Waals surface area contributed by atoms with Crippen molar-refractivity contribution in [3.05, 3.63) is 28.2 Å². The maximum atomic E-state index is 8.82. The highest BCUT2D eigenvalue weighted by molar-refractivity contribution is 9.10. The zero-order valence-corrected chi connectivity index (χ0v) is 11.5. The van der Waals surface area contributed by atoms with E-state index in [0.29, 0.717) is 11.6 Å². The Bertz CT molecular complexity index is 422. The number of nitrogens with zero attached hydrogens (tertiary/aromatic N) is 2. The summed E-state index contributed by atoms with van der Waals surface area (Å²) < 4.78 is 1.01. The summed E-state index contributed by atoms with van der Waals surface area (Å²) in [6.07, 6.45) is 1.24. The highest BCUT2D eigenvalue weighted by Gasteiger charge is 2.21. The van der Waals surface area contributed by atoms with Crippen LogP contribution in [0.1, 0.15) is 12.0 Å².